The number of carbonyl (C=O) groups excluding carboxylic acids is 1. The van der Waals surface area contributed by atoms with E-state index in [0.717, 1.165) is 35.9 Å². The Bertz CT molecular complexity index is 638. The van der Waals surface area contributed by atoms with Gasteiger partial charge in [0.1, 0.15) is 0 Å². The molecule has 24 heavy (non-hydrogen) atoms. The number of sulfonamides is 1. The highest BCUT2D eigenvalue weighted by Gasteiger charge is 2.22. The summed E-state index contributed by atoms with van der Waals surface area (Å²) in [7, 11) is -2.20. The van der Waals surface area contributed by atoms with Crippen LogP contribution in [0.2, 0.25) is 0 Å². The summed E-state index contributed by atoms with van der Waals surface area (Å²) in [6, 6.07) is 6.63. The fourth-order valence-electron chi connectivity index (χ4n) is 2.77. The summed E-state index contributed by atoms with van der Waals surface area (Å²) in [6.07, 6.45) is 3.40. The Morgan fingerprint density at radius 2 is 1.83 bits per heavy atom. The van der Waals surface area contributed by atoms with Gasteiger partial charge in [0.15, 0.2) is 0 Å². The Morgan fingerprint density at radius 3 is 2.46 bits per heavy atom. The molecule has 1 aliphatic heterocycles. The van der Waals surface area contributed by atoms with Crippen LogP contribution in [0.3, 0.4) is 0 Å². The molecule has 0 atom stereocenters. The summed E-state index contributed by atoms with van der Waals surface area (Å²) in [5, 5.41) is 2.80. The molecule has 1 N–H and O–H groups in total. The zero-order valence-corrected chi connectivity index (χ0v) is 15.3. The lowest BCUT2D eigenvalue weighted by Crippen LogP contribution is -2.39. The van der Waals surface area contributed by atoms with Crippen LogP contribution in [0.25, 0.3) is 0 Å². The largest absolute Gasteiger partial charge is 0.355 e. The van der Waals surface area contributed by atoms with Crippen LogP contribution < -0.4 is 5.32 Å². The number of benzene rings is 1. The normalized spacial score (nSPS) is 15.8. The molecule has 1 aliphatic rings. The number of amides is 1. The van der Waals surface area contributed by atoms with Crippen LogP contribution in [0.1, 0.15) is 24.8 Å². The number of likely N-dealkylation sites (tertiary alicyclic amines) is 1. The third-order valence-corrected chi connectivity index (χ3v) is 6.09. The van der Waals surface area contributed by atoms with Crippen molar-refractivity contribution in [3.8, 4) is 0 Å². The second-order valence-electron chi connectivity index (χ2n) is 6.33. The van der Waals surface area contributed by atoms with Gasteiger partial charge in [0.05, 0.1) is 11.4 Å². The van der Waals surface area contributed by atoms with E-state index in [1.165, 1.54) is 19.9 Å². The Kier molecular flexibility index (Phi) is 6.77. The van der Waals surface area contributed by atoms with Crippen LogP contribution in [0, 0.1) is 6.92 Å². The molecule has 0 unspecified atom stereocenters. The molecule has 0 radical (unpaired) electrons. The smallest absolute Gasteiger partial charge is 0.243 e. The van der Waals surface area contributed by atoms with Crippen LogP contribution in [-0.4, -0.2) is 63.3 Å². The third kappa shape index (κ3) is 5.29. The van der Waals surface area contributed by atoms with E-state index in [1.807, 2.05) is 6.92 Å². The van der Waals surface area contributed by atoms with Gasteiger partial charge in [0, 0.05) is 13.6 Å². The zero-order chi connectivity index (χ0) is 17.6. The van der Waals surface area contributed by atoms with Gasteiger partial charge in [-0.1, -0.05) is 17.7 Å². The van der Waals surface area contributed by atoms with Gasteiger partial charge in [-0.05, 0) is 58.0 Å². The Hall–Kier alpha value is -1.44. The number of nitrogens with zero attached hydrogens (tertiary/aromatic N) is 2. The first-order valence-electron chi connectivity index (χ1n) is 8.41. The number of nitrogens with one attached hydrogen (secondary N) is 1. The molecule has 1 amide bonds. The lowest BCUT2D eigenvalue weighted by atomic mass is 10.2. The lowest BCUT2D eigenvalue weighted by Gasteiger charge is -2.18. The predicted octanol–water partition coefficient (Wildman–Crippen LogP) is 1.22. The third-order valence-electron chi connectivity index (χ3n) is 4.27. The van der Waals surface area contributed by atoms with Crippen molar-refractivity contribution in [2.45, 2.75) is 31.1 Å². The van der Waals surface area contributed by atoms with E-state index in [0.29, 0.717) is 6.54 Å². The van der Waals surface area contributed by atoms with E-state index in [2.05, 4.69) is 10.2 Å². The maximum atomic E-state index is 12.4. The molecule has 1 fully saturated rings. The van der Waals surface area contributed by atoms with Crippen LogP contribution in [0.15, 0.2) is 29.2 Å². The van der Waals surface area contributed by atoms with Gasteiger partial charge in [-0.3, -0.25) is 4.79 Å². The van der Waals surface area contributed by atoms with Crippen molar-refractivity contribution in [2.75, 3.05) is 39.8 Å². The van der Waals surface area contributed by atoms with Crippen molar-refractivity contribution >= 4 is 15.9 Å². The van der Waals surface area contributed by atoms with Gasteiger partial charge in [0.25, 0.3) is 0 Å². The number of likely N-dealkylation sites (N-methyl/N-ethyl adjacent to an activating group) is 1. The highest BCUT2D eigenvalue weighted by atomic mass is 32.2. The van der Waals surface area contributed by atoms with Gasteiger partial charge < -0.3 is 10.2 Å². The minimum absolute atomic E-state index is 0.167. The van der Waals surface area contributed by atoms with Crippen LogP contribution in [-0.2, 0) is 14.8 Å². The van der Waals surface area contributed by atoms with Crippen LogP contribution in [0.5, 0.6) is 0 Å². The van der Waals surface area contributed by atoms with E-state index in [-0.39, 0.29) is 17.3 Å². The Morgan fingerprint density at radius 1 is 1.21 bits per heavy atom. The standard InChI is InChI=1S/C17H27N3O3S/c1-15-6-8-16(9-7-15)24(22,23)19(2)14-17(21)18-10-5-13-20-11-3-4-12-20/h6-9H,3-5,10-14H2,1-2H3,(H,18,21). The number of aryl methyl sites for hydroxylation is 1. The van der Waals surface area contributed by atoms with Gasteiger partial charge in [-0.15, -0.1) is 0 Å². The maximum absolute atomic E-state index is 12.4. The highest BCUT2D eigenvalue weighted by molar-refractivity contribution is 7.89. The first-order chi connectivity index (χ1) is 11.4. The number of rotatable bonds is 8. The molecule has 1 heterocycles. The van der Waals surface area contributed by atoms with E-state index < -0.39 is 10.0 Å². The minimum atomic E-state index is -3.63. The molecule has 6 nitrogen and oxygen atoms in total. The summed E-state index contributed by atoms with van der Waals surface area (Å²) >= 11 is 0. The number of carbonyl (C=O) groups is 1. The first-order valence-corrected chi connectivity index (χ1v) is 9.85. The fourth-order valence-corrected chi connectivity index (χ4v) is 3.90. The van der Waals surface area contributed by atoms with Crippen molar-refractivity contribution in [1.82, 2.24) is 14.5 Å². The van der Waals surface area contributed by atoms with Crippen molar-refractivity contribution in [2.24, 2.45) is 0 Å². The molecule has 2 rings (SSSR count). The van der Waals surface area contributed by atoms with E-state index in [9.17, 15) is 13.2 Å². The molecule has 0 saturated carbocycles. The second-order valence-corrected chi connectivity index (χ2v) is 8.37. The first kappa shape index (κ1) is 18.9. The molecule has 7 heteroatoms. The Balaban J connectivity index is 1.76. The molecule has 0 aromatic heterocycles. The quantitative estimate of drug-likeness (QED) is 0.714. The Labute approximate surface area is 144 Å². The van der Waals surface area contributed by atoms with Crippen LogP contribution in [0.4, 0.5) is 0 Å². The van der Waals surface area contributed by atoms with Crippen LogP contribution >= 0.6 is 0 Å². The molecule has 134 valence electrons. The van der Waals surface area contributed by atoms with E-state index in [4.69, 9.17) is 0 Å². The highest BCUT2D eigenvalue weighted by Crippen LogP contribution is 2.14. The van der Waals surface area contributed by atoms with Crippen molar-refractivity contribution < 1.29 is 13.2 Å². The summed E-state index contributed by atoms with van der Waals surface area (Å²) in [5.74, 6) is -0.269. The SMILES string of the molecule is Cc1ccc(S(=O)(=O)N(C)CC(=O)NCCCN2CCCC2)cc1. The minimum Gasteiger partial charge on any atom is -0.355 e. The maximum Gasteiger partial charge on any atom is 0.243 e. The monoisotopic (exact) mass is 353 g/mol. The summed E-state index contributed by atoms with van der Waals surface area (Å²) in [4.78, 5) is 14.5. The van der Waals surface area contributed by atoms with Gasteiger partial charge in [-0.2, -0.15) is 4.31 Å². The summed E-state index contributed by atoms with van der Waals surface area (Å²) in [6.45, 7) is 5.58. The number of hydrogen-bond donors (Lipinski definition) is 1. The van der Waals surface area contributed by atoms with Crippen molar-refractivity contribution in [1.29, 1.82) is 0 Å². The molecule has 1 aromatic carbocycles. The fraction of sp³-hybridized carbons (Fsp3) is 0.588. The molecular weight excluding hydrogens is 326 g/mol. The van der Waals surface area contributed by atoms with Gasteiger partial charge in [-0.25, -0.2) is 8.42 Å². The van der Waals surface area contributed by atoms with Gasteiger partial charge in [0.2, 0.25) is 15.9 Å². The molecule has 0 spiro atoms. The average Bonchev–Trinajstić information content (AvgIpc) is 3.05. The molecule has 0 aliphatic carbocycles. The van der Waals surface area contributed by atoms with E-state index >= 15 is 0 Å². The average molecular weight is 353 g/mol. The molecule has 1 aromatic rings. The molecule has 1 saturated heterocycles. The topological polar surface area (TPSA) is 69.7 Å². The predicted molar refractivity (Wildman–Crippen MR) is 94.3 cm³/mol. The second kappa shape index (κ2) is 8.60. The molecular formula is C17H27N3O3S. The lowest BCUT2D eigenvalue weighted by molar-refractivity contribution is -0.121. The molecule has 0 bridgehead atoms. The number of hydrogen-bond acceptors (Lipinski definition) is 4. The summed E-state index contributed by atoms with van der Waals surface area (Å²) in [5.41, 5.74) is 0.993. The van der Waals surface area contributed by atoms with Crippen molar-refractivity contribution in [3.05, 3.63) is 29.8 Å². The zero-order valence-electron chi connectivity index (χ0n) is 14.5. The van der Waals surface area contributed by atoms with E-state index in [1.54, 1.807) is 24.3 Å². The van der Waals surface area contributed by atoms with Crippen molar-refractivity contribution in [3.63, 3.8) is 0 Å². The summed E-state index contributed by atoms with van der Waals surface area (Å²) < 4.78 is 25.9. The van der Waals surface area contributed by atoms with Gasteiger partial charge >= 0.3 is 0 Å².